The first-order valence-electron chi connectivity index (χ1n) is 7.50. The van der Waals surface area contributed by atoms with Crippen molar-refractivity contribution in [3.8, 4) is 5.75 Å². The van der Waals surface area contributed by atoms with Crippen LogP contribution in [0.1, 0.15) is 16.7 Å². The number of carbonyl (C=O) groups excluding carboxylic acids is 1. The summed E-state index contributed by atoms with van der Waals surface area (Å²) in [6, 6.07) is 13.4. The molecule has 2 aromatic rings. The first-order valence-corrected chi connectivity index (χ1v) is 7.90. The van der Waals surface area contributed by atoms with E-state index in [2.05, 4.69) is 10.6 Å². The molecule has 0 aliphatic rings. The molecule has 1 amide bonds. The van der Waals surface area contributed by atoms with Gasteiger partial charge in [0.15, 0.2) is 5.11 Å². The number of amides is 1. The summed E-state index contributed by atoms with van der Waals surface area (Å²) in [5, 5.41) is 5.99. The third kappa shape index (κ3) is 4.93. The molecule has 2 N–H and O–H groups in total. The summed E-state index contributed by atoms with van der Waals surface area (Å²) in [4.78, 5) is 12.0. The highest BCUT2D eigenvalue weighted by Crippen LogP contribution is 2.19. The summed E-state index contributed by atoms with van der Waals surface area (Å²) < 4.78 is 5.09. The zero-order valence-electron chi connectivity index (χ0n) is 13.9. The highest BCUT2D eigenvalue weighted by atomic mass is 32.1. The van der Waals surface area contributed by atoms with E-state index in [1.165, 1.54) is 6.08 Å². The molecule has 0 fully saturated rings. The summed E-state index contributed by atoms with van der Waals surface area (Å²) in [6.07, 6.45) is 3.16. The topological polar surface area (TPSA) is 50.4 Å². The Morgan fingerprint density at radius 2 is 1.71 bits per heavy atom. The van der Waals surface area contributed by atoms with Crippen LogP contribution in [0, 0.1) is 13.8 Å². The number of rotatable bonds is 4. The molecule has 5 heteroatoms. The number of para-hydroxylation sites is 1. The molecule has 0 aromatic heterocycles. The van der Waals surface area contributed by atoms with Crippen molar-refractivity contribution in [2.75, 3.05) is 12.4 Å². The Morgan fingerprint density at radius 3 is 2.29 bits per heavy atom. The van der Waals surface area contributed by atoms with E-state index in [1.54, 1.807) is 13.2 Å². The molecule has 0 bridgehead atoms. The lowest BCUT2D eigenvalue weighted by molar-refractivity contribution is -0.115. The van der Waals surface area contributed by atoms with Crippen molar-refractivity contribution in [2.45, 2.75) is 13.8 Å². The van der Waals surface area contributed by atoms with Gasteiger partial charge in [-0.2, -0.15) is 0 Å². The Bertz CT molecular complexity index is 747. The molecule has 24 heavy (non-hydrogen) atoms. The fourth-order valence-electron chi connectivity index (χ4n) is 2.20. The smallest absolute Gasteiger partial charge is 0.250 e. The largest absolute Gasteiger partial charge is 0.497 e. The van der Waals surface area contributed by atoms with Crippen molar-refractivity contribution in [2.24, 2.45) is 0 Å². The number of methoxy groups -OCH3 is 1. The molecule has 0 saturated carbocycles. The van der Waals surface area contributed by atoms with Gasteiger partial charge in [0.05, 0.1) is 7.11 Å². The lowest BCUT2D eigenvalue weighted by atomic mass is 10.1. The van der Waals surface area contributed by atoms with Crippen LogP contribution < -0.4 is 15.4 Å². The Labute approximate surface area is 147 Å². The van der Waals surface area contributed by atoms with Gasteiger partial charge in [-0.3, -0.25) is 10.1 Å². The summed E-state index contributed by atoms with van der Waals surface area (Å²) in [6.45, 7) is 3.98. The zero-order valence-corrected chi connectivity index (χ0v) is 14.7. The Hall–Kier alpha value is -2.66. The van der Waals surface area contributed by atoms with Crippen molar-refractivity contribution in [3.63, 3.8) is 0 Å². The molecule has 0 aliphatic heterocycles. The van der Waals surface area contributed by atoms with Crippen molar-refractivity contribution in [3.05, 3.63) is 65.2 Å². The predicted molar refractivity (Wildman–Crippen MR) is 102 cm³/mol. The molecule has 2 rings (SSSR count). The summed E-state index contributed by atoms with van der Waals surface area (Å²) in [7, 11) is 1.61. The van der Waals surface area contributed by atoms with Crippen LogP contribution in [0.3, 0.4) is 0 Å². The van der Waals surface area contributed by atoms with Gasteiger partial charge in [0, 0.05) is 11.8 Å². The first-order chi connectivity index (χ1) is 11.5. The second-order valence-electron chi connectivity index (χ2n) is 5.32. The van der Waals surface area contributed by atoms with E-state index in [4.69, 9.17) is 17.0 Å². The number of benzene rings is 2. The van der Waals surface area contributed by atoms with E-state index < -0.39 is 0 Å². The van der Waals surface area contributed by atoms with Gasteiger partial charge in [0.25, 0.3) is 0 Å². The summed E-state index contributed by atoms with van der Waals surface area (Å²) in [5.41, 5.74) is 3.96. The highest BCUT2D eigenvalue weighted by Gasteiger charge is 2.06. The van der Waals surface area contributed by atoms with E-state index in [0.29, 0.717) is 0 Å². The minimum absolute atomic E-state index is 0.275. The van der Waals surface area contributed by atoms with Crippen LogP contribution in [0.2, 0.25) is 0 Å². The number of nitrogens with one attached hydrogen (secondary N) is 2. The molecule has 0 unspecified atom stereocenters. The van der Waals surface area contributed by atoms with E-state index in [1.807, 2.05) is 56.3 Å². The Kier molecular flexibility index (Phi) is 6.09. The van der Waals surface area contributed by atoms with E-state index in [0.717, 1.165) is 28.1 Å². The molecule has 2 aromatic carbocycles. The normalized spacial score (nSPS) is 10.5. The van der Waals surface area contributed by atoms with Crippen molar-refractivity contribution in [1.29, 1.82) is 0 Å². The molecular weight excluding hydrogens is 320 g/mol. The fraction of sp³-hybridized carbons (Fsp3) is 0.158. The van der Waals surface area contributed by atoms with Gasteiger partial charge in [-0.25, -0.2) is 0 Å². The van der Waals surface area contributed by atoms with Gasteiger partial charge in [0.2, 0.25) is 5.91 Å². The van der Waals surface area contributed by atoms with Gasteiger partial charge in [0.1, 0.15) is 5.75 Å². The molecule has 124 valence electrons. The maximum absolute atomic E-state index is 12.0. The average Bonchev–Trinajstić information content (AvgIpc) is 2.57. The van der Waals surface area contributed by atoms with E-state index >= 15 is 0 Å². The highest BCUT2D eigenvalue weighted by molar-refractivity contribution is 7.80. The van der Waals surface area contributed by atoms with Gasteiger partial charge < -0.3 is 10.1 Å². The molecule has 0 spiro atoms. The van der Waals surface area contributed by atoms with Crippen LogP contribution in [0.5, 0.6) is 5.75 Å². The molecule has 4 nitrogen and oxygen atoms in total. The van der Waals surface area contributed by atoms with Crippen molar-refractivity contribution < 1.29 is 9.53 Å². The Morgan fingerprint density at radius 1 is 1.08 bits per heavy atom. The minimum atomic E-state index is -0.283. The third-order valence-corrected chi connectivity index (χ3v) is 3.70. The lowest BCUT2D eigenvalue weighted by Crippen LogP contribution is -2.33. The second-order valence-corrected chi connectivity index (χ2v) is 5.72. The lowest BCUT2D eigenvalue weighted by Gasteiger charge is -2.13. The Balaban J connectivity index is 1.93. The maximum atomic E-state index is 12.0. The van der Waals surface area contributed by atoms with Crippen LogP contribution in [-0.2, 0) is 4.79 Å². The van der Waals surface area contributed by atoms with Gasteiger partial charge in [-0.15, -0.1) is 0 Å². The number of carbonyl (C=O) groups is 1. The van der Waals surface area contributed by atoms with Crippen molar-refractivity contribution in [1.82, 2.24) is 5.32 Å². The van der Waals surface area contributed by atoms with Crippen LogP contribution in [0.25, 0.3) is 6.08 Å². The van der Waals surface area contributed by atoms with Gasteiger partial charge >= 0.3 is 0 Å². The van der Waals surface area contributed by atoms with Crippen LogP contribution >= 0.6 is 12.2 Å². The molecule has 0 aliphatic carbocycles. The molecular formula is C19H20N2O2S. The fourth-order valence-corrected chi connectivity index (χ4v) is 2.40. The molecule has 0 heterocycles. The number of hydrogen-bond acceptors (Lipinski definition) is 3. The summed E-state index contributed by atoms with van der Waals surface area (Å²) in [5.74, 6) is 0.491. The summed E-state index contributed by atoms with van der Waals surface area (Å²) >= 11 is 5.20. The average molecular weight is 340 g/mol. The monoisotopic (exact) mass is 340 g/mol. The number of anilines is 1. The SMILES string of the molecule is COc1ccc(C=CC(=O)NC(=S)Nc2c(C)cccc2C)cc1. The van der Waals surface area contributed by atoms with Crippen LogP contribution in [0.15, 0.2) is 48.5 Å². The first kappa shape index (κ1) is 17.7. The number of aryl methyl sites for hydroxylation is 2. The van der Waals surface area contributed by atoms with E-state index in [-0.39, 0.29) is 11.0 Å². The van der Waals surface area contributed by atoms with Crippen molar-refractivity contribution >= 4 is 35.0 Å². The number of thiocarbonyl (C=S) groups is 1. The van der Waals surface area contributed by atoms with Crippen LogP contribution in [0.4, 0.5) is 5.69 Å². The number of hydrogen-bond donors (Lipinski definition) is 2. The van der Waals surface area contributed by atoms with E-state index in [9.17, 15) is 4.79 Å². The maximum Gasteiger partial charge on any atom is 0.250 e. The zero-order chi connectivity index (χ0) is 17.5. The standard InChI is InChI=1S/C19H20N2O2S/c1-13-5-4-6-14(2)18(13)21-19(24)20-17(22)12-9-15-7-10-16(23-3)11-8-15/h4-12H,1-3H3,(H2,20,21,22,24). The van der Waals surface area contributed by atoms with Gasteiger partial charge in [-0.05, 0) is 61.0 Å². The van der Waals surface area contributed by atoms with Crippen LogP contribution in [-0.4, -0.2) is 18.1 Å². The quantitative estimate of drug-likeness (QED) is 0.656. The molecule has 0 radical (unpaired) electrons. The van der Waals surface area contributed by atoms with Gasteiger partial charge in [-0.1, -0.05) is 30.3 Å². The third-order valence-electron chi connectivity index (χ3n) is 3.50. The minimum Gasteiger partial charge on any atom is -0.497 e. The second kappa shape index (κ2) is 8.26. The molecule has 0 saturated heterocycles. The number of ether oxygens (including phenoxy) is 1. The molecule has 0 atom stereocenters. The predicted octanol–water partition coefficient (Wildman–Crippen LogP) is 3.84.